The van der Waals surface area contributed by atoms with Gasteiger partial charge in [-0.15, -0.1) is 0 Å². The maximum Gasteiger partial charge on any atom is 0.338 e. The van der Waals surface area contributed by atoms with Gasteiger partial charge >= 0.3 is 5.97 Å². The Hall–Kier alpha value is -4.43. The molecule has 0 atom stereocenters. The lowest BCUT2D eigenvalue weighted by atomic mass is 10.1. The lowest BCUT2D eigenvalue weighted by Gasteiger charge is -2.15. The molecule has 2 N–H and O–H groups in total. The minimum Gasteiger partial charge on any atom is -0.462 e. The maximum atomic E-state index is 12.9. The summed E-state index contributed by atoms with van der Waals surface area (Å²) < 4.78 is 5.13. The van der Waals surface area contributed by atoms with E-state index >= 15 is 0 Å². The molecule has 0 spiro atoms. The second-order valence-electron chi connectivity index (χ2n) is 7.85. The van der Waals surface area contributed by atoms with Gasteiger partial charge in [-0.1, -0.05) is 48.9 Å². The molecule has 1 aliphatic rings. The normalized spacial score (nSPS) is 13.1. The summed E-state index contributed by atoms with van der Waals surface area (Å²) in [6.45, 7) is 2.21. The van der Waals surface area contributed by atoms with Crippen molar-refractivity contribution < 1.29 is 23.9 Å². The number of para-hydroxylation sites is 1. The van der Waals surface area contributed by atoms with Crippen molar-refractivity contribution in [3.8, 4) is 0 Å². The van der Waals surface area contributed by atoms with Crippen molar-refractivity contribution >= 4 is 52.4 Å². The van der Waals surface area contributed by atoms with E-state index in [4.69, 9.17) is 16.3 Å². The Labute approximate surface area is 212 Å². The number of amides is 3. The number of hydrogen-bond acceptors (Lipinski definition) is 6. The molecule has 8 nitrogen and oxygen atoms in total. The number of ether oxygens (including phenoxy) is 1. The number of benzene rings is 3. The van der Waals surface area contributed by atoms with E-state index in [9.17, 15) is 19.2 Å². The number of anilines is 3. The molecule has 36 heavy (non-hydrogen) atoms. The van der Waals surface area contributed by atoms with Crippen molar-refractivity contribution in [2.24, 2.45) is 0 Å². The van der Waals surface area contributed by atoms with Crippen LogP contribution in [0.1, 0.15) is 34.1 Å². The third kappa shape index (κ3) is 5.29. The van der Waals surface area contributed by atoms with Crippen molar-refractivity contribution in [3.05, 3.63) is 101 Å². The number of halogens is 1. The van der Waals surface area contributed by atoms with E-state index in [-0.39, 0.29) is 16.3 Å². The van der Waals surface area contributed by atoms with Gasteiger partial charge in [-0.05, 0) is 55.0 Å². The molecular weight excluding hydrogens is 482 g/mol. The van der Waals surface area contributed by atoms with E-state index in [0.29, 0.717) is 35.7 Å². The lowest BCUT2D eigenvalue weighted by molar-refractivity contribution is -0.120. The van der Waals surface area contributed by atoms with Gasteiger partial charge in [-0.3, -0.25) is 14.4 Å². The second-order valence-corrected chi connectivity index (χ2v) is 8.22. The molecule has 1 heterocycles. The number of esters is 1. The highest BCUT2D eigenvalue weighted by atomic mass is 35.5. The fourth-order valence-corrected chi connectivity index (χ4v) is 3.72. The zero-order valence-corrected chi connectivity index (χ0v) is 20.0. The molecule has 3 amide bonds. The molecule has 0 unspecified atom stereocenters. The predicted octanol–water partition coefficient (Wildman–Crippen LogP) is 4.94. The number of nitrogens with zero attached hydrogens (tertiary/aromatic N) is 1. The molecule has 0 aromatic heterocycles. The summed E-state index contributed by atoms with van der Waals surface area (Å²) >= 11 is 6.19. The van der Waals surface area contributed by atoms with E-state index < -0.39 is 23.7 Å². The zero-order chi connectivity index (χ0) is 25.7. The summed E-state index contributed by atoms with van der Waals surface area (Å²) in [5.74, 6) is -2.14. The first-order valence-corrected chi connectivity index (χ1v) is 11.6. The van der Waals surface area contributed by atoms with Gasteiger partial charge in [0.2, 0.25) is 0 Å². The number of nitrogens with one attached hydrogen (secondary N) is 2. The van der Waals surface area contributed by atoms with Crippen LogP contribution in [0.3, 0.4) is 0 Å². The highest BCUT2D eigenvalue weighted by Crippen LogP contribution is 2.30. The molecule has 182 valence electrons. The van der Waals surface area contributed by atoms with Crippen LogP contribution in [0.15, 0.2) is 89.6 Å². The van der Waals surface area contributed by atoms with Crippen LogP contribution in [0.2, 0.25) is 0 Å². The highest BCUT2D eigenvalue weighted by Gasteiger charge is 2.38. The summed E-state index contributed by atoms with van der Waals surface area (Å²) in [7, 11) is 0. The summed E-state index contributed by atoms with van der Waals surface area (Å²) in [4.78, 5) is 51.5. The molecule has 3 aromatic carbocycles. The molecule has 0 saturated heterocycles. The summed E-state index contributed by atoms with van der Waals surface area (Å²) in [5.41, 5.74) is 1.74. The minimum absolute atomic E-state index is 0.0821. The lowest BCUT2D eigenvalue weighted by Crippen LogP contribution is -2.32. The number of imide groups is 1. The van der Waals surface area contributed by atoms with Gasteiger partial charge in [-0.25, -0.2) is 9.69 Å². The Morgan fingerprint density at radius 3 is 2.25 bits per heavy atom. The molecule has 4 rings (SSSR count). The van der Waals surface area contributed by atoms with E-state index in [0.717, 1.165) is 4.90 Å². The SMILES string of the molecule is CCCOC(=O)c1cccc(NC(=O)c2cccc(NC3=C(Cl)C(=O)N(c4ccccc4)C3=O)c2)c1. The van der Waals surface area contributed by atoms with Crippen LogP contribution in [0.5, 0.6) is 0 Å². The molecular formula is C27H22ClN3O5. The average Bonchev–Trinajstić information content (AvgIpc) is 3.11. The van der Waals surface area contributed by atoms with Crippen molar-refractivity contribution in [1.29, 1.82) is 0 Å². The third-order valence-corrected chi connectivity index (χ3v) is 5.58. The summed E-state index contributed by atoms with van der Waals surface area (Å²) in [5, 5.41) is 5.36. The fraction of sp³-hybridized carbons (Fsp3) is 0.111. The van der Waals surface area contributed by atoms with Gasteiger partial charge in [0.25, 0.3) is 17.7 Å². The van der Waals surface area contributed by atoms with Gasteiger partial charge in [0.1, 0.15) is 10.7 Å². The summed E-state index contributed by atoms with van der Waals surface area (Å²) in [6, 6.07) is 21.3. The Morgan fingerprint density at radius 2 is 1.53 bits per heavy atom. The molecule has 0 fully saturated rings. The molecule has 1 aliphatic heterocycles. The first-order chi connectivity index (χ1) is 17.4. The Morgan fingerprint density at radius 1 is 0.861 bits per heavy atom. The zero-order valence-electron chi connectivity index (χ0n) is 19.3. The molecule has 0 aliphatic carbocycles. The van der Waals surface area contributed by atoms with Gasteiger partial charge in [0, 0.05) is 16.9 Å². The van der Waals surface area contributed by atoms with E-state index in [1.807, 2.05) is 6.92 Å². The van der Waals surface area contributed by atoms with Crippen molar-refractivity contribution in [2.45, 2.75) is 13.3 Å². The average molecular weight is 504 g/mol. The monoisotopic (exact) mass is 503 g/mol. The third-order valence-electron chi connectivity index (χ3n) is 5.23. The number of hydrogen-bond donors (Lipinski definition) is 2. The molecule has 9 heteroatoms. The van der Waals surface area contributed by atoms with E-state index in [1.54, 1.807) is 66.7 Å². The molecule has 0 saturated carbocycles. The van der Waals surface area contributed by atoms with Gasteiger partial charge in [0.15, 0.2) is 0 Å². The Balaban J connectivity index is 1.48. The molecule has 0 bridgehead atoms. The van der Waals surface area contributed by atoms with Gasteiger partial charge in [0.05, 0.1) is 17.9 Å². The topological polar surface area (TPSA) is 105 Å². The molecule has 3 aromatic rings. The first-order valence-electron chi connectivity index (χ1n) is 11.2. The minimum atomic E-state index is -0.637. The van der Waals surface area contributed by atoms with Crippen molar-refractivity contribution in [1.82, 2.24) is 0 Å². The largest absolute Gasteiger partial charge is 0.462 e. The van der Waals surface area contributed by atoms with Gasteiger partial charge < -0.3 is 15.4 Å². The predicted molar refractivity (Wildman–Crippen MR) is 137 cm³/mol. The Kier molecular flexibility index (Phi) is 7.46. The number of carbonyl (C=O) groups excluding carboxylic acids is 4. The maximum absolute atomic E-state index is 12.9. The first kappa shape index (κ1) is 24.7. The van der Waals surface area contributed by atoms with Crippen LogP contribution in [-0.2, 0) is 14.3 Å². The van der Waals surface area contributed by atoms with E-state index in [1.165, 1.54) is 12.1 Å². The van der Waals surface area contributed by atoms with Crippen molar-refractivity contribution in [2.75, 3.05) is 22.1 Å². The van der Waals surface area contributed by atoms with E-state index in [2.05, 4.69) is 10.6 Å². The smallest absolute Gasteiger partial charge is 0.338 e. The van der Waals surface area contributed by atoms with Crippen molar-refractivity contribution in [3.63, 3.8) is 0 Å². The quantitative estimate of drug-likeness (QED) is 0.333. The number of rotatable bonds is 8. The standard InChI is InChI=1S/C27H22ClN3O5/c1-2-14-36-27(35)18-9-7-11-20(16-18)30-24(32)17-8-6-10-19(15-17)29-23-22(28)25(33)31(26(23)34)21-12-4-3-5-13-21/h3-13,15-16,29H,2,14H2,1H3,(H,30,32). The van der Waals surface area contributed by atoms with Crippen LogP contribution in [-0.4, -0.2) is 30.3 Å². The highest BCUT2D eigenvalue weighted by molar-refractivity contribution is 6.53. The number of carbonyl (C=O) groups is 4. The summed E-state index contributed by atoms with van der Waals surface area (Å²) in [6.07, 6.45) is 0.707. The van der Waals surface area contributed by atoms with Crippen LogP contribution in [0.25, 0.3) is 0 Å². The molecule has 0 radical (unpaired) electrons. The van der Waals surface area contributed by atoms with Gasteiger partial charge in [-0.2, -0.15) is 0 Å². The Bertz CT molecular complexity index is 1370. The van der Waals surface area contributed by atoms with Crippen LogP contribution >= 0.6 is 11.6 Å². The fourth-order valence-electron chi connectivity index (χ4n) is 3.51. The van der Waals surface area contributed by atoms with Crippen LogP contribution in [0.4, 0.5) is 17.1 Å². The van der Waals surface area contributed by atoms with Crippen LogP contribution < -0.4 is 15.5 Å². The van der Waals surface area contributed by atoms with Crippen LogP contribution in [0, 0.1) is 0 Å². The second kappa shape index (κ2) is 10.9.